The van der Waals surface area contributed by atoms with Gasteiger partial charge in [0.05, 0.1) is 0 Å². The normalized spacial score (nSPS) is 13.0. The Kier molecular flexibility index (Phi) is 3.38. The molecule has 0 aliphatic carbocycles. The molecule has 0 radical (unpaired) electrons. The fraction of sp³-hybridized carbons (Fsp3) is 0.400. The van der Waals surface area contributed by atoms with Crippen molar-refractivity contribution in [3.63, 3.8) is 0 Å². The monoisotopic (exact) mass is 186 g/mol. The first-order valence-corrected chi connectivity index (χ1v) is 2.88. The van der Waals surface area contributed by atoms with E-state index in [2.05, 4.69) is 11.6 Å². The summed E-state index contributed by atoms with van der Waals surface area (Å²) >= 11 is 5.04. The molecule has 0 aromatic rings. The van der Waals surface area contributed by atoms with Crippen LogP contribution < -0.4 is 0 Å². The molecular weight excluding hydrogens is 181 g/mol. The van der Waals surface area contributed by atoms with Crippen LogP contribution in [0.1, 0.15) is 0 Å². The van der Waals surface area contributed by atoms with Crippen molar-refractivity contribution in [3.8, 4) is 0 Å². The van der Waals surface area contributed by atoms with Gasteiger partial charge in [-0.15, -0.1) is 0 Å². The summed E-state index contributed by atoms with van der Waals surface area (Å²) in [6, 6.07) is 0. The van der Waals surface area contributed by atoms with Crippen molar-refractivity contribution in [2.24, 2.45) is 4.99 Å². The van der Waals surface area contributed by atoms with E-state index in [0.717, 1.165) is 13.2 Å². The fourth-order valence-electron chi connectivity index (χ4n) is 0.414. The van der Waals surface area contributed by atoms with Gasteiger partial charge in [-0.3, -0.25) is 4.42 Å². The highest BCUT2D eigenvalue weighted by Crippen LogP contribution is 2.20. The van der Waals surface area contributed by atoms with Crippen LogP contribution in [0.5, 0.6) is 0 Å². The Balaban J connectivity index is 4.62. The van der Waals surface area contributed by atoms with E-state index in [9.17, 15) is 13.2 Å². The summed E-state index contributed by atoms with van der Waals surface area (Å²) in [5.74, 6) is -1.19. The van der Waals surface area contributed by atoms with Crippen molar-refractivity contribution in [2.75, 3.05) is 7.05 Å². The second kappa shape index (κ2) is 3.61. The molecule has 64 valence electrons. The van der Waals surface area contributed by atoms with Gasteiger partial charge in [-0.05, 0) is 0 Å². The summed E-state index contributed by atoms with van der Waals surface area (Å²) in [7, 11) is 1.04. The van der Waals surface area contributed by atoms with E-state index in [1.807, 2.05) is 0 Å². The first-order chi connectivity index (χ1) is 4.89. The molecule has 0 atom stereocenters. The minimum atomic E-state index is -4.54. The second-order valence-corrected chi connectivity index (χ2v) is 2.12. The molecular formula is C5H6ClF3N2. The third-order valence-electron chi connectivity index (χ3n) is 0.759. The van der Waals surface area contributed by atoms with Crippen molar-refractivity contribution >= 4 is 17.6 Å². The zero-order valence-corrected chi connectivity index (χ0v) is 6.45. The van der Waals surface area contributed by atoms with E-state index in [-0.39, 0.29) is 0 Å². The van der Waals surface area contributed by atoms with E-state index in [1.165, 1.54) is 0 Å². The molecule has 2 nitrogen and oxygen atoms in total. The Morgan fingerprint density at radius 3 is 2.18 bits per heavy atom. The lowest BCUT2D eigenvalue weighted by Gasteiger charge is -2.14. The lowest BCUT2D eigenvalue weighted by Crippen LogP contribution is -2.32. The second-order valence-electron chi connectivity index (χ2n) is 1.61. The number of hydrogen-bond acceptors (Lipinski definition) is 1. The van der Waals surface area contributed by atoms with E-state index < -0.39 is 12.0 Å². The molecule has 0 rings (SSSR count). The van der Waals surface area contributed by atoms with Gasteiger partial charge in [0.1, 0.15) is 0 Å². The molecule has 0 amide bonds. The summed E-state index contributed by atoms with van der Waals surface area (Å²) in [6.45, 7) is 3.02. The molecule has 0 saturated heterocycles. The molecule has 0 fully saturated rings. The number of alkyl halides is 3. The van der Waals surface area contributed by atoms with Gasteiger partial charge >= 0.3 is 6.18 Å². The van der Waals surface area contributed by atoms with Gasteiger partial charge < -0.3 is 0 Å². The van der Waals surface area contributed by atoms with E-state index >= 15 is 0 Å². The van der Waals surface area contributed by atoms with Gasteiger partial charge in [0.25, 0.3) is 0 Å². The Hall–Kier alpha value is -0.710. The molecule has 0 spiro atoms. The molecule has 0 aromatic carbocycles. The minimum absolute atomic E-state index is 0.363. The standard InChI is InChI=1S/C5H6ClF3N2/c1-3-10-4(11(2)6)5(7,8)9/h3H,1H2,2H3/b10-4-. The predicted molar refractivity (Wildman–Crippen MR) is 37.3 cm³/mol. The third-order valence-corrected chi connectivity index (χ3v) is 0.919. The molecule has 0 unspecified atom stereocenters. The molecule has 0 aliphatic heterocycles. The van der Waals surface area contributed by atoms with Crippen molar-refractivity contribution < 1.29 is 13.2 Å². The van der Waals surface area contributed by atoms with Crippen LogP contribution in [0.2, 0.25) is 0 Å². The fourth-order valence-corrected chi connectivity index (χ4v) is 0.553. The highest BCUT2D eigenvalue weighted by Gasteiger charge is 2.38. The maximum Gasteiger partial charge on any atom is 0.450 e. The van der Waals surface area contributed by atoms with E-state index in [4.69, 9.17) is 11.8 Å². The number of halogens is 4. The highest BCUT2D eigenvalue weighted by atomic mass is 35.5. The molecule has 11 heavy (non-hydrogen) atoms. The van der Waals surface area contributed by atoms with Gasteiger partial charge in [-0.1, -0.05) is 6.58 Å². The molecule has 0 saturated carbocycles. The minimum Gasteiger partial charge on any atom is -0.268 e. The maximum absolute atomic E-state index is 11.9. The van der Waals surface area contributed by atoms with Gasteiger partial charge in [0.2, 0.25) is 5.84 Å². The van der Waals surface area contributed by atoms with Crippen LogP contribution in [0.25, 0.3) is 0 Å². The number of amidine groups is 1. The molecule has 0 N–H and O–H groups in total. The number of rotatable bonds is 1. The molecule has 0 aliphatic rings. The van der Waals surface area contributed by atoms with Crippen LogP contribution in [0.4, 0.5) is 13.2 Å². The Morgan fingerprint density at radius 1 is 1.64 bits per heavy atom. The summed E-state index contributed by atoms with van der Waals surface area (Å²) in [6.07, 6.45) is -3.76. The molecule has 0 heterocycles. The van der Waals surface area contributed by atoms with E-state index in [0.29, 0.717) is 4.42 Å². The van der Waals surface area contributed by atoms with Crippen molar-refractivity contribution in [1.29, 1.82) is 0 Å². The Morgan fingerprint density at radius 2 is 2.09 bits per heavy atom. The van der Waals surface area contributed by atoms with Gasteiger partial charge in [-0.2, -0.15) is 13.2 Å². The smallest absolute Gasteiger partial charge is 0.268 e. The van der Waals surface area contributed by atoms with Gasteiger partial charge in [0.15, 0.2) is 0 Å². The maximum atomic E-state index is 11.9. The van der Waals surface area contributed by atoms with Crippen molar-refractivity contribution in [2.45, 2.75) is 6.18 Å². The summed E-state index contributed by atoms with van der Waals surface area (Å²) in [4.78, 5) is 2.94. The van der Waals surface area contributed by atoms with Gasteiger partial charge in [0, 0.05) is 25.0 Å². The van der Waals surface area contributed by atoms with Crippen LogP contribution in [-0.4, -0.2) is 23.5 Å². The average molecular weight is 187 g/mol. The first kappa shape index (κ1) is 10.3. The number of nitrogens with zero attached hydrogens (tertiary/aromatic N) is 2. The summed E-state index contributed by atoms with van der Waals surface area (Å²) < 4.78 is 35.9. The van der Waals surface area contributed by atoms with Crippen LogP contribution in [-0.2, 0) is 0 Å². The van der Waals surface area contributed by atoms with E-state index in [1.54, 1.807) is 0 Å². The van der Waals surface area contributed by atoms with Crippen LogP contribution in [0.3, 0.4) is 0 Å². The topological polar surface area (TPSA) is 15.6 Å². The SMILES string of the molecule is C=C/N=C(\N(C)Cl)C(F)(F)F. The quantitative estimate of drug-likeness (QED) is 0.348. The van der Waals surface area contributed by atoms with Crippen LogP contribution in [0, 0.1) is 0 Å². The molecule has 0 aromatic heterocycles. The number of aliphatic imine (C=N–C) groups is 1. The largest absolute Gasteiger partial charge is 0.450 e. The lowest BCUT2D eigenvalue weighted by molar-refractivity contribution is -0.0647. The van der Waals surface area contributed by atoms with Crippen molar-refractivity contribution in [1.82, 2.24) is 4.42 Å². The Labute approximate surface area is 67.1 Å². The predicted octanol–water partition coefficient (Wildman–Crippen LogP) is 2.18. The van der Waals surface area contributed by atoms with Crippen molar-refractivity contribution in [3.05, 3.63) is 12.8 Å². The average Bonchev–Trinajstić information content (AvgIpc) is 1.79. The third kappa shape index (κ3) is 3.27. The molecule has 6 heteroatoms. The summed E-state index contributed by atoms with van der Waals surface area (Å²) in [5, 5.41) is 0. The van der Waals surface area contributed by atoms with Gasteiger partial charge in [-0.25, -0.2) is 4.99 Å². The van der Waals surface area contributed by atoms with Crippen LogP contribution >= 0.6 is 11.8 Å². The highest BCUT2D eigenvalue weighted by molar-refractivity contribution is 6.22. The summed E-state index contributed by atoms with van der Waals surface area (Å²) in [5.41, 5.74) is 0. The van der Waals surface area contributed by atoms with Crippen LogP contribution in [0.15, 0.2) is 17.8 Å². The Bertz CT molecular complexity index is 173. The number of hydrogen-bond donors (Lipinski definition) is 0. The molecule has 0 bridgehead atoms. The zero-order valence-electron chi connectivity index (χ0n) is 5.69. The lowest BCUT2D eigenvalue weighted by atomic mass is 10.5. The first-order valence-electron chi connectivity index (χ1n) is 2.55. The zero-order chi connectivity index (χ0) is 9.07.